The van der Waals surface area contributed by atoms with Crippen LogP contribution in [0.4, 0.5) is 0 Å². The lowest BCUT2D eigenvalue weighted by molar-refractivity contribution is 0.0899. The van der Waals surface area contributed by atoms with Crippen LogP contribution in [0.5, 0.6) is 5.75 Å². The molecular formula is C20H25N3O3. The van der Waals surface area contributed by atoms with Gasteiger partial charge < -0.3 is 10.1 Å². The Morgan fingerprint density at radius 3 is 2.58 bits per heavy atom. The van der Waals surface area contributed by atoms with Gasteiger partial charge in [0.2, 0.25) is 0 Å². The Kier molecular flexibility index (Phi) is 5.40. The first-order valence-electron chi connectivity index (χ1n) is 9.06. The first kappa shape index (κ1) is 18.2. The largest absolute Gasteiger partial charge is 0.494 e. The Morgan fingerprint density at radius 2 is 1.92 bits per heavy atom. The lowest BCUT2D eigenvalue weighted by Crippen LogP contribution is -2.42. The quantitative estimate of drug-likeness (QED) is 0.915. The van der Waals surface area contributed by atoms with Crippen LogP contribution in [0, 0.1) is 12.8 Å². The SMILES string of the molecule is COc1cc(=O)n(-c2ccc(C)cc2)nc1C(=O)N[C@@H]1CCCC[C@H]1C. The van der Waals surface area contributed by atoms with Crippen molar-refractivity contribution in [2.45, 2.75) is 45.6 Å². The molecule has 0 unspecified atom stereocenters. The maximum absolute atomic E-state index is 12.8. The highest BCUT2D eigenvalue weighted by atomic mass is 16.5. The molecule has 6 nitrogen and oxygen atoms in total. The van der Waals surface area contributed by atoms with Crippen LogP contribution in [0.15, 0.2) is 35.1 Å². The molecule has 0 aliphatic heterocycles. The number of nitrogens with zero attached hydrogens (tertiary/aromatic N) is 2. The fraction of sp³-hybridized carbons (Fsp3) is 0.450. The summed E-state index contributed by atoms with van der Waals surface area (Å²) in [6, 6.07) is 8.85. The molecule has 1 aromatic carbocycles. The summed E-state index contributed by atoms with van der Waals surface area (Å²) < 4.78 is 6.47. The number of aryl methyl sites for hydroxylation is 1. The normalized spacial score (nSPS) is 19.8. The molecular weight excluding hydrogens is 330 g/mol. The molecule has 3 rings (SSSR count). The average Bonchev–Trinajstić information content (AvgIpc) is 2.64. The van der Waals surface area contributed by atoms with E-state index >= 15 is 0 Å². The molecule has 138 valence electrons. The van der Waals surface area contributed by atoms with Crippen molar-refractivity contribution in [1.29, 1.82) is 0 Å². The van der Waals surface area contributed by atoms with Crippen molar-refractivity contribution >= 4 is 5.91 Å². The van der Waals surface area contributed by atoms with Crippen LogP contribution >= 0.6 is 0 Å². The monoisotopic (exact) mass is 355 g/mol. The molecule has 1 aliphatic rings. The Balaban J connectivity index is 1.94. The molecule has 1 N–H and O–H groups in total. The van der Waals surface area contributed by atoms with Crippen LogP contribution < -0.4 is 15.6 Å². The number of amides is 1. The minimum absolute atomic E-state index is 0.127. The van der Waals surface area contributed by atoms with Gasteiger partial charge in [-0.3, -0.25) is 9.59 Å². The molecule has 1 fully saturated rings. The second kappa shape index (κ2) is 7.72. The number of carbonyl (C=O) groups is 1. The first-order valence-corrected chi connectivity index (χ1v) is 9.06. The van der Waals surface area contributed by atoms with Crippen LogP contribution in [0.1, 0.15) is 48.7 Å². The standard InChI is InChI=1S/C20H25N3O3/c1-13-8-10-15(11-9-13)23-18(24)12-17(26-3)19(22-23)20(25)21-16-7-5-4-6-14(16)2/h8-12,14,16H,4-7H2,1-3H3,(H,21,25)/t14-,16-/m1/s1. The van der Waals surface area contributed by atoms with Gasteiger partial charge in [0.1, 0.15) is 0 Å². The smallest absolute Gasteiger partial charge is 0.275 e. The topological polar surface area (TPSA) is 73.2 Å². The van der Waals surface area contributed by atoms with Crippen LogP contribution in [-0.4, -0.2) is 28.8 Å². The van der Waals surface area contributed by atoms with Gasteiger partial charge in [0, 0.05) is 6.04 Å². The van der Waals surface area contributed by atoms with Crippen molar-refractivity contribution in [3.8, 4) is 11.4 Å². The van der Waals surface area contributed by atoms with Crippen LogP contribution in [0.3, 0.4) is 0 Å². The van der Waals surface area contributed by atoms with E-state index in [1.165, 1.54) is 24.3 Å². The third-order valence-electron chi connectivity index (χ3n) is 5.04. The van der Waals surface area contributed by atoms with Crippen molar-refractivity contribution in [2.24, 2.45) is 5.92 Å². The number of rotatable bonds is 4. The summed E-state index contributed by atoms with van der Waals surface area (Å²) in [5, 5.41) is 7.37. The Labute approximate surface area is 153 Å². The van der Waals surface area contributed by atoms with Gasteiger partial charge in [-0.15, -0.1) is 0 Å². The summed E-state index contributed by atoms with van der Waals surface area (Å²) >= 11 is 0. The number of ether oxygens (including phenoxy) is 1. The lowest BCUT2D eigenvalue weighted by Gasteiger charge is -2.29. The molecule has 26 heavy (non-hydrogen) atoms. The highest BCUT2D eigenvalue weighted by Gasteiger charge is 2.26. The van der Waals surface area contributed by atoms with Crippen molar-refractivity contribution in [3.63, 3.8) is 0 Å². The fourth-order valence-corrected chi connectivity index (χ4v) is 3.39. The average molecular weight is 355 g/mol. The van der Waals surface area contributed by atoms with E-state index in [1.54, 1.807) is 12.1 Å². The molecule has 0 bridgehead atoms. The summed E-state index contributed by atoms with van der Waals surface area (Å²) in [7, 11) is 1.44. The summed E-state index contributed by atoms with van der Waals surface area (Å²) in [5.74, 6) is 0.322. The summed E-state index contributed by atoms with van der Waals surface area (Å²) in [6.45, 7) is 4.13. The first-order chi connectivity index (χ1) is 12.5. The van der Waals surface area contributed by atoms with E-state index in [1.807, 2.05) is 19.1 Å². The molecule has 1 aromatic heterocycles. The molecule has 0 radical (unpaired) electrons. The molecule has 6 heteroatoms. The number of nitrogens with one attached hydrogen (secondary N) is 1. The lowest BCUT2D eigenvalue weighted by atomic mass is 9.86. The van der Waals surface area contributed by atoms with Gasteiger partial charge in [0.25, 0.3) is 11.5 Å². The van der Waals surface area contributed by atoms with Crippen LogP contribution in [0.2, 0.25) is 0 Å². The molecule has 2 atom stereocenters. The number of aromatic nitrogens is 2. The van der Waals surface area contributed by atoms with E-state index < -0.39 is 0 Å². The number of carbonyl (C=O) groups excluding carboxylic acids is 1. The minimum atomic E-state index is -0.340. The van der Waals surface area contributed by atoms with Crippen molar-refractivity contribution in [1.82, 2.24) is 15.1 Å². The molecule has 1 saturated carbocycles. The zero-order chi connectivity index (χ0) is 18.7. The highest BCUT2D eigenvalue weighted by Crippen LogP contribution is 2.24. The predicted molar refractivity (Wildman–Crippen MR) is 100 cm³/mol. The number of benzene rings is 1. The zero-order valence-electron chi connectivity index (χ0n) is 15.5. The van der Waals surface area contributed by atoms with Crippen LogP contribution in [-0.2, 0) is 0 Å². The number of hydrogen-bond donors (Lipinski definition) is 1. The maximum atomic E-state index is 12.8. The number of methoxy groups -OCH3 is 1. The second-order valence-electron chi connectivity index (χ2n) is 6.99. The van der Waals surface area contributed by atoms with E-state index in [4.69, 9.17) is 4.74 Å². The molecule has 0 saturated heterocycles. The molecule has 1 amide bonds. The maximum Gasteiger partial charge on any atom is 0.275 e. The van der Waals surface area contributed by atoms with E-state index in [0.717, 1.165) is 24.8 Å². The van der Waals surface area contributed by atoms with Gasteiger partial charge in [-0.2, -0.15) is 9.78 Å². The van der Waals surface area contributed by atoms with Gasteiger partial charge >= 0.3 is 0 Å². The molecule has 0 spiro atoms. The Morgan fingerprint density at radius 1 is 1.23 bits per heavy atom. The van der Waals surface area contributed by atoms with Crippen molar-refractivity contribution in [3.05, 3.63) is 51.9 Å². The van der Waals surface area contributed by atoms with Crippen molar-refractivity contribution in [2.75, 3.05) is 7.11 Å². The summed E-state index contributed by atoms with van der Waals surface area (Å²) in [4.78, 5) is 25.2. The minimum Gasteiger partial charge on any atom is -0.494 e. The Bertz CT molecular complexity index is 842. The molecule has 1 aliphatic carbocycles. The third kappa shape index (κ3) is 3.79. The van der Waals surface area contributed by atoms with E-state index in [-0.39, 0.29) is 29.0 Å². The third-order valence-corrected chi connectivity index (χ3v) is 5.04. The summed E-state index contributed by atoms with van der Waals surface area (Å²) in [6.07, 6.45) is 4.39. The Hall–Kier alpha value is -2.63. The van der Waals surface area contributed by atoms with E-state index in [9.17, 15) is 9.59 Å². The number of hydrogen-bond acceptors (Lipinski definition) is 4. The molecule has 1 heterocycles. The fourth-order valence-electron chi connectivity index (χ4n) is 3.39. The van der Waals surface area contributed by atoms with Gasteiger partial charge in [-0.1, -0.05) is 37.5 Å². The summed E-state index contributed by atoms with van der Waals surface area (Å²) in [5.41, 5.74) is 1.49. The van der Waals surface area contributed by atoms with Crippen molar-refractivity contribution < 1.29 is 9.53 Å². The highest BCUT2D eigenvalue weighted by molar-refractivity contribution is 5.95. The van der Waals surface area contributed by atoms with Crippen LogP contribution in [0.25, 0.3) is 5.69 Å². The van der Waals surface area contributed by atoms with E-state index in [2.05, 4.69) is 17.3 Å². The second-order valence-corrected chi connectivity index (χ2v) is 6.99. The van der Waals surface area contributed by atoms with Gasteiger partial charge in [-0.05, 0) is 37.8 Å². The van der Waals surface area contributed by atoms with Gasteiger partial charge in [-0.25, -0.2) is 0 Å². The molecule has 2 aromatic rings. The van der Waals surface area contributed by atoms with E-state index in [0.29, 0.717) is 11.6 Å². The van der Waals surface area contributed by atoms with Gasteiger partial charge in [0.05, 0.1) is 18.9 Å². The predicted octanol–water partition coefficient (Wildman–Crippen LogP) is 2.86. The van der Waals surface area contributed by atoms with Gasteiger partial charge in [0.15, 0.2) is 11.4 Å². The zero-order valence-corrected chi connectivity index (χ0v) is 15.5.